The van der Waals surface area contributed by atoms with E-state index >= 15 is 0 Å². The topological polar surface area (TPSA) is 161 Å². The van der Waals surface area contributed by atoms with Crippen LogP contribution in [-0.2, 0) is 17.6 Å². The largest absolute Gasteiger partial charge is 0.477 e. The van der Waals surface area contributed by atoms with E-state index < -0.39 is 5.97 Å². The molecule has 2 aliphatic rings. The van der Waals surface area contributed by atoms with Gasteiger partial charge in [-0.05, 0) is 102 Å². The highest BCUT2D eigenvalue weighted by molar-refractivity contribution is 7.21. The van der Waals surface area contributed by atoms with Crippen molar-refractivity contribution in [1.29, 1.82) is 0 Å². The third kappa shape index (κ3) is 5.76. The van der Waals surface area contributed by atoms with Gasteiger partial charge in [0.05, 0.1) is 21.6 Å². The number of amides is 2. The molecule has 0 saturated carbocycles. The molecule has 6 aromatic rings. The molecule has 0 spiro atoms. The zero-order valence-corrected chi connectivity index (χ0v) is 28.6. The van der Waals surface area contributed by atoms with E-state index in [2.05, 4.69) is 20.2 Å². The van der Waals surface area contributed by atoms with E-state index in [0.717, 1.165) is 55.0 Å². The Hall–Kier alpha value is -6.34. The summed E-state index contributed by atoms with van der Waals surface area (Å²) in [5.74, 6) is -1.50. The summed E-state index contributed by atoms with van der Waals surface area (Å²) in [5.41, 5.74) is 14.5. The smallest absolute Gasteiger partial charge is 0.352 e. The average molecular weight is 697 g/mol. The van der Waals surface area contributed by atoms with Crippen molar-refractivity contribution in [2.24, 2.45) is 16.0 Å². The summed E-state index contributed by atoms with van der Waals surface area (Å²) in [7, 11) is 3.96. The van der Waals surface area contributed by atoms with Crippen LogP contribution in [0, 0.1) is 0 Å². The lowest BCUT2D eigenvalue weighted by atomic mass is 10.0. The van der Waals surface area contributed by atoms with E-state index in [0.29, 0.717) is 42.1 Å². The van der Waals surface area contributed by atoms with E-state index in [1.165, 1.54) is 11.3 Å². The molecule has 51 heavy (non-hydrogen) atoms. The monoisotopic (exact) mass is 696 g/mol. The lowest BCUT2D eigenvalue weighted by Crippen LogP contribution is -2.33. The lowest BCUT2D eigenvalue weighted by Gasteiger charge is -2.19. The van der Waals surface area contributed by atoms with E-state index in [9.17, 15) is 19.5 Å². The van der Waals surface area contributed by atoms with E-state index in [4.69, 9.17) is 5.73 Å². The molecule has 4 heterocycles. The van der Waals surface area contributed by atoms with Gasteiger partial charge < -0.3 is 30.5 Å². The van der Waals surface area contributed by atoms with Crippen LogP contribution in [0.1, 0.15) is 37.5 Å². The van der Waals surface area contributed by atoms with Crippen molar-refractivity contribution in [2.45, 2.75) is 12.8 Å². The molecule has 8 rings (SSSR count). The molecule has 4 aromatic carbocycles. The summed E-state index contributed by atoms with van der Waals surface area (Å²) < 4.78 is 0.836. The highest BCUT2D eigenvalue weighted by atomic mass is 32.1. The molecule has 0 unspecified atom stereocenters. The molecule has 0 atom stereocenters. The first-order chi connectivity index (χ1) is 24.6. The predicted molar refractivity (Wildman–Crippen MR) is 200 cm³/mol. The number of nitrogens with zero attached hydrogens (tertiary/aromatic N) is 6. The van der Waals surface area contributed by atoms with Gasteiger partial charge in [-0.2, -0.15) is 0 Å². The van der Waals surface area contributed by atoms with Crippen LogP contribution in [0.2, 0.25) is 0 Å². The number of aromatic carboxylic acids is 1. The minimum atomic E-state index is -1.04. The number of thiazole rings is 1. The Bertz CT molecular complexity index is 2460. The van der Waals surface area contributed by atoms with Gasteiger partial charge in [-0.25, -0.2) is 9.78 Å². The van der Waals surface area contributed by atoms with Gasteiger partial charge in [0, 0.05) is 60.7 Å². The van der Waals surface area contributed by atoms with E-state index in [-0.39, 0.29) is 23.2 Å². The van der Waals surface area contributed by atoms with Crippen molar-refractivity contribution >= 4 is 84.2 Å². The predicted octanol–water partition coefficient (Wildman–Crippen LogP) is 7.05. The SMILES string of the molecule is CN(C)c1ccc(N=Nc2nc3ccc(C(=O)N4CCc5c(/C=C(\N)C(=O)N6CCc7c6ccc6[nH]c(C(=O)O)cc76)cccc54)cc3s2)cc1. The second-order valence-electron chi connectivity index (χ2n) is 12.7. The number of carboxylic acid groups (broad SMARTS) is 1. The summed E-state index contributed by atoms with van der Waals surface area (Å²) >= 11 is 1.37. The molecule has 4 N–H and O–H groups in total. The van der Waals surface area contributed by atoms with E-state index in [1.54, 1.807) is 34.1 Å². The van der Waals surface area contributed by atoms with Crippen molar-refractivity contribution in [3.8, 4) is 0 Å². The third-order valence-corrected chi connectivity index (χ3v) is 10.3. The van der Waals surface area contributed by atoms with Crippen molar-refractivity contribution in [1.82, 2.24) is 9.97 Å². The average Bonchev–Trinajstić information content (AvgIpc) is 3.94. The van der Waals surface area contributed by atoms with Gasteiger partial charge >= 0.3 is 5.97 Å². The number of H-pyrrole nitrogens is 1. The number of azo groups is 1. The van der Waals surface area contributed by atoms with Crippen LogP contribution in [0.25, 0.3) is 27.2 Å². The van der Waals surface area contributed by atoms with Gasteiger partial charge in [-0.1, -0.05) is 23.5 Å². The maximum atomic E-state index is 13.8. The van der Waals surface area contributed by atoms with Gasteiger partial charge in [0.15, 0.2) is 0 Å². The Kier molecular flexibility index (Phi) is 7.83. The molecule has 12 nitrogen and oxygen atoms in total. The number of carboxylic acids is 1. The fraction of sp³-hybridized carbons (Fsp3) is 0.158. The number of carbonyl (C=O) groups excluding carboxylic acids is 2. The quantitative estimate of drug-likeness (QED) is 0.119. The summed E-state index contributed by atoms with van der Waals surface area (Å²) in [6.07, 6.45) is 2.88. The number of hydrogen-bond donors (Lipinski definition) is 3. The molecule has 2 amide bonds. The molecule has 0 radical (unpaired) electrons. The number of anilines is 3. The summed E-state index contributed by atoms with van der Waals surface area (Å²) in [6, 6.07) is 24.1. The first kappa shape index (κ1) is 31.9. The number of carbonyl (C=O) groups is 3. The summed E-state index contributed by atoms with van der Waals surface area (Å²) in [6.45, 7) is 0.925. The van der Waals surface area contributed by atoms with Crippen molar-refractivity contribution < 1.29 is 19.5 Å². The van der Waals surface area contributed by atoms with Gasteiger partial charge in [0.1, 0.15) is 5.69 Å². The highest BCUT2D eigenvalue weighted by Gasteiger charge is 2.30. The van der Waals surface area contributed by atoms with Crippen LogP contribution in [0.4, 0.5) is 27.9 Å². The van der Waals surface area contributed by atoms with Crippen LogP contribution in [-0.4, -0.2) is 60.0 Å². The number of nitrogens with two attached hydrogens (primary N) is 1. The fourth-order valence-electron chi connectivity index (χ4n) is 6.79. The molecule has 2 aromatic heterocycles. The summed E-state index contributed by atoms with van der Waals surface area (Å²) in [4.78, 5) is 51.9. The van der Waals surface area contributed by atoms with Crippen molar-refractivity contribution in [3.05, 3.63) is 113 Å². The van der Waals surface area contributed by atoms with Crippen LogP contribution in [0.5, 0.6) is 0 Å². The Morgan fingerprint density at radius 3 is 2.47 bits per heavy atom. The Balaban J connectivity index is 1.000. The minimum absolute atomic E-state index is 0.0793. The molecule has 2 aliphatic heterocycles. The maximum Gasteiger partial charge on any atom is 0.352 e. The minimum Gasteiger partial charge on any atom is -0.477 e. The molecule has 0 fully saturated rings. The molecule has 0 aliphatic carbocycles. The van der Waals surface area contributed by atoms with Gasteiger partial charge in [0.2, 0.25) is 5.13 Å². The molecule has 0 saturated heterocycles. The Labute approximate surface area is 296 Å². The number of hydrogen-bond acceptors (Lipinski definition) is 9. The lowest BCUT2D eigenvalue weighted by molar-refractivity contribution is -0.115. The number of benzene rings is 4. The second kappa shape index (κ2) is 12.5. The third-order valence-electron chi connectivity index (χ3n) is 9.35. The second-order valence-corrected chi connectivity index (χ2v) is 13.7. The molecular weight excluding hydrogens is 665 g/mol. The first-order valence-corrected chi connectivity index (χ1v) is 17.2. The van der Waals surface area contributed by atoms with Crippen LogP contribution >= 0.6 is 11.3 Å². The maximum absolute atomic E-state index is 13.8. The Morgan fingerprint density at radius 1 is 0.922 bits per heavy atom. The number of nitrogens with one attached hydrogen (secondary N) is 1. The van der Waals surface area contributed by atoms with Crippen molar-refractivity contribution in [3.63, 3.8) is 0 Å². The van der Waals surface area contributed by atoms with E-state index in [1.807, 2.05) is 79.7 Å². The zero-order chi connectivity index (χ0) is 35.4. The first-order valence-electron chi connectivity index (χ1n) is 16.3. The zero-order valence-electron chi connectivity index (χ0n) is 27.8. The number of fused-ring (bicyclic) bond motifs is 5. The number of aromatic amines is 1. The molecular formula is C38H32N8O4S. The van der Waals surface area contributed by atoms with Crippen LogP contribution in [0.15, 0.2) is 94.8 Å². The molecule has 0 bridgehead atoms. The van der Waals surface area contributed by atoms with Crippen LogP contribution in [0.3, 0.4) is 0 Å². The molecule has 254 valence electrons. The molecule has 13 heteroatoms. The highest BCUT2D eigenvalue weighted by Crippen LogP contribution is 2.37. The van der Waals surface area contributed by atoms with Gasteiger partial charge in [-0.3, -0.25) is 9.59 Å². The van der Waals surface area contributed by atoms with Gasteiger partial charge in [0.25, 0.3) is 11.8 Å². The standard InChI is InChI=1S/C38H32N8O4S/c1-44(2)24-9-7-23(8-10-24)42-43-38-41-30-11-6-22(19-34(30)51-38)35(47)45-16-14-25-21(4-3-5-32(25)45)18-28(39)36(48)46-17-15-26-27-20-31(37(49)50)40-29(27)12-13-33(26)46/h3-13,18-20,40H,14-17,39H2,1-2H3,(H,49,50)/b28-18-,43-42?. The Morgan fingerprint density at radius 2 is 1.69 bits per heavy atom. The number of rotatable bonds is 7. The fourth-order valence-corrected chi connectivity index (χ4v) is 7.62. The van der Waals surface area contributed by atoms with Gasteiger partial charge in [-0.15, -0.1) is 10.2 Å². The number of aromatic nitrogens is 2. The van der Waals surface area contributed by atoms with Crippen molar-refractivity contribution in [2.75, 3.05) is 41.9 Å². The normalized spacial score (nSPS) is 14.1. The van der Waals surface area contributed by atoms with Crippen LogP contribution < -0.4 is 20.4 Å². The summed E-state index contributed by atoms with van der Waals surface area (Å²) in [5, 5.41) is 19.4.